The van der Waals surface area contributed by atoms with Gasteiger partial charge >= 0.3 is 0 Å². The minimum Gasteiger partial charge on any atom is -0.320 e. The van der Waals surface area contributed by atoms with Gasteiger partial charge < -0.3 is 5.32 Å². The lowest BCUT2D eigenvalue weighted by molar-refractivity contribution is 0.103. The molecule has 1 aliphatic carbocycles. The molecule has 0 spiro atoms. The van der Waals surface area contributed by atoms with Gasteiger partial charge in [-0.3, -0.25) is 18.6 Å². The Labute approximate surface area is 179 Å². The number of nitrogens with zero attached hydrogens (tertiary/aromatic N) is 3. The van der Waals surface area contributed by atoms with Gasteiger partial charge in [-0.25, -0.2) is 0 Å². The first-order valence-electron chi connectivity index (χ1n) is 9.89. The Morgan fingerprint density at radius 2 is 2.07 bits per heavy atom. The van der Waals surface area contributed by atoms with Crippen LogP contribution in [0.3, 0.4) is 0 Å². The number of pyridine rings is 1. The fourth-order valence-electron chi connectivity index (χ4n) is 3.70. The van der Waals surface area contributed by atoms with Crippen molar-refractivity contribution >= 4 is 43.3 Å². The van der Waals surface area contributed by atoms with Gasteiger partial charge in [-0.1, -0.05) is 19.3 Å². The van der Waals surface area contributed by atoms with Gasteiger partial charge in [0.15, 0.2) is 0 Å². The molecule has 0 unspecified atom stereocenters. The number of anilines is 1. The average molecular weight is 449 g/mol. The van der Waals surface area contributed by atoms with Crippen LogP contribution in [-0.2, 0) is 20.9 Å². The molecule has 1 fully saturated rings. The average Bonchev–Trinajstić information content (AvgIpc) is 3.28. The van der Waals surface area contributed by atoms with E-state index in [-0.39, 0.29) is 12.5 Å². The summed E-state index contributed by atoms with van der Waals surface area (Å²) < 4.78 is 29.0. The first-order valence-corrected chi connectivity index (χ1v) is 12.5. The Morgan fingerprint density at radius 1 is 1.30 bits per heavy atom. The van der Waals surface area contributed by atoms with E-state index in [4.69, 9.17) is 9.28 Å². The molecule has 0 aromatic carbocycles. The van der Waals surface area contributed by atoms with Crippen molar-refractivity contribution in [2.24, 2.45) is 0 Å². The Balaban J connectivity index is 1.48. The molecule has 0 aliphatic heterocycles. The van der Waals surface area contributed by atoms with Crippen molar-refractivity contribution in [2.75, 3.05) is 11.6 Å². The summed E-state index contributed by atoms with van der Waals surface area (Å²) in [6, 6.07) is 5.61. The third-order valence-corrected chi connectivity index (χ3v) is 6.89. The molecular formula is C20H24N4O4S2. The summed E-state index contributed by atoms with van der Waals surface area (Å²) in [5, 5.41) is 8.61. The van der Waals surface area contributed by atoms with Crippen LogP contribution >= 0.6 is 11.3 Å². The summed E-state index contributed by atoms with van der Waals surface area (Å²) in [5.41, 5.74) is 1.94. The van der Waals surface area contributed by atoms with Gasteiger partial charge in [-0.15, -0.1) is 11.3 Å². The van der Waals surface area contributed by atoms with E-state index in [1.807, 2.05) is 13.0 Å². The molecule has 1 N–H and O–H groups in total. The second-order valence-corrected chi connectivity index (χ2v) is 10.3. The van der Waals surface area contributed by atoms with Crippen molar-refractivity contribution in [2.45, 2.75) is 51.7 Å². The Hall–Kier alpha value is -2.30. The van der Waals surface area contributed by atoms with Crippen LogP contribution in [0, 0.1) is 6.92 Å². The largest absolute Gasteiger partial charge is 0.320 e. The minimum atomic E-state index is -3.53. The SMILES string of the molecule is Cc1nn(C2CCCCC2)c2sc(C(=O)Nc3ccc(COS(C)(=O)=O)nc3)cc12. The fourth-order valence-corrected chi connectivity index (χ4v) is 5.16. The molecule has 3 aromatic heterocycles. The zero-order valence-corrected chi connectivity index (χ0v) is 18.6. The van der Waals surface area contributed by atoms with Gasteiger partial charge in [0.25, 0.3) is 16.0 Å². The maximum atomic E-state index is 12.8. The first-order chi connectivity index (χ1) is 14.3. The second-order valence-electron chi connectivity index (χ2n) is 7.61. The van der Waals surface area contributed by atoms with Gasteiger partial charge in [0.2, 0.25) is 0 Å². The molecule has 30 heavy (non-hydrogen) atoms. The topological polar surface area (TPSA) is 103 Å². The van der Waals surface area contributed by atoms with Crippen molar-refractivity contribution in [1.82, 2.24) is 14.8 Å². The van der Waals surface area contributed by atoms with Crippen LogP contribution in [0.25, 0.3) is 10.2 Å². The first kappa shape index (κ1) is 21.0. The van der Waals surface area contributed by atoms with Gasteiger partial charge in [0.1, 0.15) is 11.4 Å². The van der Waals surface area contributed by atoms with Crippen molar-refractivity contribution in [1.29, 1.82) is 0 Å². The van der Waals surface area contributed by atoms with Crippen LogP contribution in [0.5, 0.6) is 0 Å². The molecule has 1 aliphatic rings. The van der Waals surface area contributed by atoms with Gasteiger partial charge in [0.05, 0.1) is 40.4 Å². The Morgan fingerprint density at radius 3 is 2.73 bits per heavy atom. The molecule has 0 bridgehead atoms. The Kier molecular flexibility index (Phi) is 5.90. The lowest BCUT2D eigenvalue weighted by atomic mass is 9.96. The highest BCUT2D eigenvalue weighted by atomic mass is 32.2. The molecule has 1 saturated carbocycles. The summed E-state index contributed by atoms with van der Waals surface area (Å²) in [6.07, 6.45) is 8.48. The van der Waals surface area contributed by atoms with E-state index in [2.05, 4.69) is 15.0 Å². The molecule has 0 saturated heterocycles. The number of aromatic nitrogens is 3. The van der Waals surface area contributed by atoms with Gasteiger partial charge in [-0.2, -0.15) is 13.5 Å². The molecular weight excluding hydrogens is 424 g/mol. The van der Waals surface area contributed by atoms with E-state index in [1.54, 1.807) is 12.1 Å². The third kappa shape index (κ3) is 4.71. The molecule has 3 heterocycles. The smallest absolute Gasteiger partial charge is 0.265 e. The van der Waals surface area contributed by atoms with E-state index in [0.29, 0.717) is 22.3 Å². The zero-order valence-electron chi connectivity index (χ0n) is 16.9. The lowest BCUT2D eigenvalue weighted by Crippen LogP contribution is -2.14. The Bertz CT molecular complexity index is 1160. The highest BCUT2D eigenvalue weighted by Gasteiger charge is 2.22. The van der Waals surface area contributed by atoms with E-state index in [1.165, 1.54) is 36.8 Å². The van der Waals surface area contributed by atoms with E-state index < -0.39 is 10.1 Å². The van der Waals surface area contributed by atoms with Gasteiger partial charge in [-0.05, 0) is 38.0 Å². The predicted octanol–water partition coefficient (Wildman–Crippen LogP) is 4.03. The van der Waals surface area contributed by atoms with Gasteiger partial charge in [0, 0.05) is 5.39 Å². The fraction of sp³-hybridized carbons (Fsp3) is 0.450. The van der Waals surface area contributed by atoms with Crippen molar-refractivity contribution in [3.63, 3.8) is 0 Å². The minimum absolute atomic E-state index is 0.139. The zero-order chi connectivity index (χ0) is 21.3. The highest BCUT2D eigenvalue weighted by molar-refractivity contribution is 7.85. The number of carbonyl (C=O) groups excluding carboxylic acids is 1. The van der Waals surface area contributed by atoms with Crippen LogP contribution in [-0.4, -0.2) is 35.3 Å². The van der Waals surface area contributed by atoms with E-state index >= 15 is 0 Å². The number of nitrogens with one attached hydrogen (secondary N) is 1. The number of aryl methyl sites for hydroxylation is 1. The standard InChI is InChI=1S/C20H24N4O4S2/c1-13-17-10-18(29-20(17)24(23-13)16-6-4-3-5-7-16)19(25)22-14-8-9-15(21-11-14)12-28-30(2,26)27/h8-11,16H,3-7,12H2,1-2H3,(H,22,25). The van der Waals surface area contributed by atoms with Crippen molar-refractivity contribution < 1.29 is 17.4 Å². The number of hydrogen-bond acceptors (Lipinski definition) is 7. The molecule has 160 valence electrons. The monoisotopic (exact) mass is 448 g/mol. The number of amides is 1. The molecule has 3 aromatic rings. The predicted molar refractivity (Wildman–Crippen MR) is 116 cm³/mol. The molecule has 10 heteroatoms. The van der Waals surface area contributed by atoms with Crippen LogP contribution in [0.15, 0.2) is 24.4 Å². The maximum absolute atomic E-state index is 12.8. The summed E-state index contributed by atoms with van der Waals surface area (Å²) in [6.45, 7) is 1.84. The van der Waals surface area contributed by atoms with Crippen LogP contribution in [0.2, 0.25) is 0 Å². The number of rotatable bonds is 6. The van der Waals surface area contributed by atoms with Crippen molar-refractivity contribution in [3.05, 3.63) is 40.7 Å². The van der Waals surface area contributed by atoms with Crippen LogP contribution in [0.4, 0.5) is 5.69 Å². The molecule has 0 atom stereocenters. The van der Waals surface area contributed by atoms with E-state index in [0.717, 1.165) is 35.0 Å². The molecule has 0 radical (unpaired) electrons. The quantitative estimate of drug-likeness (QED) is 0.571. The number of hydrogen-bond donors (Lipinski definition) is 1. The lowest BCUT2D eigenvalue weighted by Gasteiger charge is -2.22. The van der Waals surface area contributed by atoms with Crippen molar-refractivity contribution in [3.8, 4) is 0 Å². The number of fused-ring (bicyclic) bond motifs is 1. The summed E-state index contributed by atoms with van der Waals surface area (Å²) in [7, 11) is -3.53. The molecule has 8 nitrogen and oxygen atoms in total. The summed E-state index contributed by atoms with van der Waals surface area (Å²) in [4.78, 5) is 18.6. The summed E-state index contributed by atoms with van der Waals surface area (Å²) >= 11 is 1.46. The highest BCUT2D eigenvalue weighted by Crippen LogP contribution is 2.35. The molecule has 4 rings (SSSR count). The maximum Gasteiger partial charge on any atom is 0.265 e. The van der Waals surface area contributed by atoms with E-state index in [9.17, 15) is 13.2 Å². The second kappa shape index (κ2) is 8.44. The number of thiophene rings is 1. The van der Waals surface area contributed by atoms with Crippen LogP contribution < -0.4 is 5.32 Å². The normalized spacial score (nSPS) is 15.5. The third-order valence-electron chi connectivity index (χ3n) is 5.22. The number of carbonyl (C=O) groups is 1. The van der Waals surface area contributed by atoms with Crippen LogP contribution in [0.1, 0.15) is 59.2 Å². The molecule has 1 amide bonds. The summed E-state index contributed by atoms with van der Waals surface area (Å²) in [5.74, 6) is -0.201.